The number of carbonyl (C=O) groups excluding carboxylic acids is 1. The summed E-state index contributed by atoms with van der Waals surface area (Å²) >= 11 is 0. The van der Waals surface area contributed by atoms with Gasteiger partial charge in [-0.05, 0) is 40.7 Å². The summed E-state index contributed by atoms with van der Waals surface area (Å²) in [6.45, 7) is 8.07. The van der Waals surface area contributed by atoms with Crippen LogP contribution in [0.15, 0.2) is 10.9 Å². The summed E-state index contributed by atoms with van der Waals surface area (Å²) in [5.74, 6) is 0.972. The molecule has 0 saturated carbocycles. The normalized spacial score (nSPS) is 16.2. The van der Waals surface area contributed by atoms with Crippen LogP contribution in [-0.2, 0) is 4.79 Å². The summed E-state index contributed by atoms with van der Waals surface area (Å²) in [6.07, 6.45) is 3.50. The lowest BCUT2D eigenvalue weighted by Gasteiger charge is -2.37. The number of carbonyl (C=O) groups is 1. The summed E-state index contributed by atoms with van der Waals surface area (Å²) in [5.41, 5.74) is 1.35. The SMILES string of the molecule is Cc1noc2ncnc(N3CCC(N(C)CC(=O)NC(C)C)CC3)c12. The molecule has 3 rings (SSSR count). The van der Waals surface area contributed by atoms with Crippen molar-refractivity contribution in [2.45, 2.75) is 45.7 Å². The fraction of sp³-hybridized carbons (Fsp3) is 0.647. The van der Waals surface area contributed by atoms with E-state index in [0.29, 0.717) is 18.3 Å². The van der Waals surface area contributed by atoms with Gasteiger partial charge in [-0.25, -0.2) is 4.98 Å². The number of fused-ring (bicyclic) bond motifs is 1. The molecule has 0 aromatic carbocycles. The van der Waals surface area contributed by atoms with Crippen molar-refractivity contribution < 1.29 is 9.32 Å². The fourth-order valence-electron chi connectivity index (χ4n) is 3.39. The second-order valence-corrected chi connectivity index (χ2v) is 7.00. The molecule has 3 heterocycles. The van der Waals surface area contributed by atoms with Gasteiger partial charge in [0.1, 0.15) is 17.5 Å². The third-order valence-corrected chi connectivity index (χ3v) is 4.65. The number of rotatable bonds is 5. The van der Waals surface area contributed by atoms with E-state index in [-0.39, 0.29) is 11.9 Å². The highest BCUT2D eigenvalue weighted by atomic mass is 16.5. The predicted octanol–water partition coefficient (Wildman–Crippen LogP) is 1.35. The standard InChI is InChI=1S/C17H26N6O2/c1-11(2)20-14(24)9-22(4)13-5-7-23(8-6-13)16-15-12(3)21-25-17(15)19-10-18-16/h10-11,13H,5-9H2,1-4H3,(H,20,24). The Hall–Kier alpha value is -2.22. The Bertz CT molecular complexity index is 736. The molecule has 0 unspecified atom stereocenters. The van der Waals surface area contributed by atoms with E-state index in [4.69, 9.17) is 4.52 Å². The average Bonchev–Trinajstić information content (AvgIpc) is 2.96. The molecule has 1 fully saturated rings. The maximum Gasteiger partial charge on any atom is 0.263 e. The van der Waals surface area contributed by atoms with Crippen LogP contribution in [0.25, 0.3) is 11.1 Å². The number of aryl methyl sites for hydroxylation is 1. The van der Waals surface area contributed by atoms with Gasteiger partial charge in [0, 0.05) is 25.2 Å². The molecule has 2 aromatic rings. The number of hydrogen-bond donors (Lipinski definition) is 1. The van der Waals surface area contributed by atoms with Crippen LogP contribution in [0, 0.1) is 6.92 Å². The molecule has 1 aliphatic heterocycles. The molecule has 8 nitrogen and oxygen atoms in total. The molecule has 25 heavy (non-hydrogen) atoms. The van der Waals surface area contributed by atoms with E-state index in [2.05, 4.69) is 30.2 Å². The lowest BCUT2D eigenvalue weighted by atomic mass is 10.0. The Kier molecular flexibility index (Phi) is 5.17. The minimum Gasteiger partial charge on any atom is -0.356 e. The van der Waals surface area contributed by atoms with Gasteiger partial charge in [0.05, 0.1) is 12.2 Å². The highest BCUT2D eigenvalue weighted by molar-refractivity contribution is 5.87. The van der Waals surface area contributed by atoms with Gasteiger partial charge >= 0.3 is 0 Å². The number of aromatic nitrogens is 3. The molecule has 1 amide bonds. The Morgan fingerprint density at radius 1 is 1.40 bits per heavy atom. The number of hydrogen-bond acceptors (Lipinski definition) is 7. The average molecular weight is 346 g/mol. The summed E-state index contributed by atoms with van der Waals surface area (Å²) < 4.78 is 5.23. The minimum atomic E-state index is 0.0811. The monoisotopic (exact) mass is 346 g/mol. The number of amides is 1. The van der Waals surface area contributed by atoms with Crippen LogP contribution in [0.5, 0.6) is 0 Å². The third kappa shape index (κ3) is 3.89. The molecule has 2 aromatic heterocycles. The van der Waals surface area contributed by atoms with E-state index in [1.165, 1.54) is 6.33 Å². The van der Waals surface area contributed by atoms with E-state index in [9.17, 15) is 4.79 Å². The second kappa shape index (κ2) is 7.35. The maximum absolute atomic E-state index is 11.9. The van der Waals surface area contributed by atoms with E-state index in [0.717, 1.165) is 42.8 Å². The van der Waals surface area contributed by atoms with Crippen LogP contribution in [0.3, 0.4) is 0 Å². The van der Waals surface area contributed by atoms with Crippen LogP contribution in [0.2, 0.25) is 0 Å². The van der Waals surface area contributed by atoms with E-state index in [1.54, 1.807) is 0 Å². The van der Waals surface area contributed by atoms with Crippen LogP contribution >= 0.6 is 0 Å². The number of likely N-dealkylation sites (N-methyl/N-ethyl adjacent to an activating group) is 1. The van der Waals surface area contributed by atoms with Crippen molar-refractivity contribution >= 4 is 22.8 Å². The van der Waals surface area contributed by atoms with Gasteiger partial charge in [0.15, 0.2) is 0 Å². The summed E-state index contributed by atoms with van der Waals surface area (Å²) in [4.78, 5) is 24.9. The number of piperidine rings is 1. The van der Waals surface area contributed by atoms with Gasteiger partial charge in [0.25, 0.3) is 5.71 Å². The van der Waals surface area contributed by atoms with Crippen LogP contribution < -0.4 is 10.2 Å². The van der Waals surface area contributed by atoms with Crippen molar-refractivity contribution in [1.29, 1.82) is 0 Å². The van der Waals surface area contributed by atoms with E-state index in [1.807, 2.05) is 27.8 Å². The molecule has 0 bridgehead atoms. The van der Waals surface area contributed by atoms with Crippen molar-refractivity contribution in [2.75, 3.05) is 31.6 Å². The van der Waals surface area contributed by atoms with Crippen molar-refractivity contribution in [3.63, 3.8) is 0 Å². The summed E-state index contributed by atoms with van der Waals surface area (Å²) in [7, 11) is 2.02. The Balaban J connectivity index is 1.61. The molecule has 0 aliphatic carbocycles. The first-order valence-corrected chi connectivity index (χ1v) is 8.77. The zero-order valence-corrected chi connectivity index (χ0v) is 15.3. The number of nitrogens with one attached hydrogen (secondary N) is 1. The lowest BCUT2D eigenvalue weighted by molar-refractivity contribution is -0.123. The topological polar surface area (TPSA) is 87.4 Å². The van der Waals surface area contributed by atoms with Crippen molar-refractivity contribution in [1.82, 2.24) is 25.3 Å². The van der Waals surface area contributed by atoms with Crippen molar-refractivity contribution in [3.05, 3.63) is 12.0 Å². The minimum absolute atomic E-state index is 0.0811. The smallest absolute Gasteiger partial charge is 0.263 e. The van der Waals surface area contributed by atoms with Crippen LogP contribution in [0.4, 0.5) is 5.82 Å². The van der Waals surface area contributed by atoms with Gasteiger partial charge < -0.3 is 14.7 Å². The molecule has 136 valence electrons. The lowest BCUT2D eigenvalue weighted by Crippen LogP contribution is -2.47. The molecule has 8 heteroatoms. The van der Waals surface area contributed by atoms with Gasteiger partial charge in [-0.2, -0.15) is 4.98 Å². The molecule has 1 saturated heterocycles. The van der Waals surface area contributed by atoms with Gasteiger partial charge in [-0.1, -0.05) is 5.16 Å². The van der Waals surface area contributed by atoms with Crippen LogP contribution in [0.1, 0.15) is 32.4 Å². The number of nitrogens with zero attached hydrogens (tertiary/aromatic N) is 5. The molecular formula is C17H26N6O2. The first kappa shape index (κ1) is 17.6. The summed E-state index contributed by atoms with van der Waals surface area (Å²) in [5, 5.41) is 7.83. The van der Waals surface area contributed by atoms with Gasteiger partial charge in [-0.15, -0.1) is 0 Å². The Morgan fingerprint density at radius 3 is 2.80 bits per heavy atom. The maximum atomic E-state index is 11.9. The molecule has 0 radical (unpaired) electrons. The first-order valence-electron chi connectivity index (χ1n) is 8.77. The number of anilines is 1. The van der Waals surface area contributed by atoms with E-state index < -0.39 is 0 Å². The quantitative estimate of drug-likeness (QED) is 0.874. The zero-order chi connectivity index (χ0) is 18.0. The van der Waals surface area contributed by atoms with Crippen molar-refractivity contribution in [2.24, 2.45) is 0 Å². The van der Waals surface area contributed by atoms with Gasteiger partial charge in [-0.3, -0.25) is 9.69 Å². The first-order chi connectivity index (χ1) is 12.0. The zero-order valence-electron chi connectivity index (χ0n) is 15.3. The second-order valence-electron chi connectivity index (χ2n) is 7.00. The predicted molar refractivity (Wildman–Crippen MR) is 95.5 cm³/mol. The molecule has 0 spiro atoms. The van der Waals surface area contributed by atoms with Crippen molar-refractivity contribution in [3.8, 4) is 0 Å². The summed E-state index contributed by atoms with van der Waals surface area (Å²) in [6, 6.07) is 0.574. The molecular weight excluding hydrogens is 320 g/mol. The highest BCUT2D eigenvalue weighted by Crippen LogP contribution is 2.28. The molecule has 1 aliphatic rings. The Labute approximate surface area is 147 Å². The highest BCUT2D eigenvalue weighted by Gasteiger charge is 2.26. The molecule has 1 N–H and O–H groups in total. The fourth-order valence-corrected chi connectivity index (χ4v) is 3.39. The largest absolute Gasteiger partial charge is 0.356 e. The van der Waals surface area contributed by atoms with E-state index >= 15 is 0 Å². The third-order valence-electron chi connectivity index (χ3n) is 4.65. The molecule has 0 atom stereocenters. The Morgan fingerprint density at radius 2 is 2.12 bits per heavy atom. The van der Waals surface area contributed by atoms with Gasteiger partial charge in [0.2, 0.25) is 5.91 Å². The van der Waals surface area contributed by atoms with Crippen LogP contribution in [-0.4, -0.2) is 64.7 Å².